The second kappa shape index (κ2) is 8.56. The van der Waals surface area contributed by atoms with Crippen molar-refractivity contribution in [1.82, 2.24) is 19.5 Å². The molecule has 5 unspecified atom stereocenters. The van der Waals surface area contributed by atoms with Crippen molar-refractivity contribution in [3.05, 3.63) is 12.7 Å². The lowest BCUT2D eigenvalue weighted by Gasteiger charge is -2.19. The highest BCUT2D eigenvalue weighted by atomic mass is 31.3. The van der Waals surface area contributed by atoms with Crippen molar-refractivity contribution >= 4 is 40.4 Å². The Hall–Kier alpha value is -1.32. The maximum atomic E-state index is 11.8. The molecule has 17 nitrogen and oxygen atoms in total. The highest BCUT2D eigenvalue weighted by Gasteiger charge is 2.45. The smallest absolute Gasteiger partial charge is 0.390 e. The number of fused-ring (bicyclic) bond motifs is 1. The average molecular weight is 505 g/mol. The molecular weight excluding hydrogens is 487 g/mol. The molecule has 7 N–H and O–H groups in total. The van der Waals surface area contributed by atoms with Crippen LogP contribution in [0.15, 0.2) is 12.7 Å². The van der Waals surface area contributed by atoms with Gasteiger partial charge in [0, 0.05) is 5.92 Å². The van der Waals surface area contributed by atoms with Crippen molar-refractivity contribution in [2.24, 2.45) is 5.92 Å². The van der Waals surface area contributed by atoms with Crippen LogP contribution in [0.1, 0.15) is 13.2 Å². The molecule has 2 aromatic rings. The van der Waals surface area contributed by atoms with E-state index in [0.717, 1.165) is 0 Å². The van der Waals surface area contributed by atoms with Gasteiger partial charge in [0.15, 0.2) is 11.5 Å². The van der Waals surface area contributed by atoms with Crippen molar-refractivity contribution in [1.29, 1.82) is 0 Å². The fourth-order valence-corrected chi connectivity index (χ4v) is 5.90. The predicted octanol–water partition coefficient (Wildman–Crippen LogP) is -0.354. The molecule has 0 bridgehead atoms. The van der Waals surface area contributed by atoms with Crippen molar-refractivity contribution in [3.8, 4) is 0 Å². The molecule has 0 saturated carbocycles. The zero-order valence-corrected chi connectivity index (χ0v) is 18.2. The Balaban J connectivity index is 1.69. The number of phosphoric acid groups is 3. The molecule has 3 heterocycles. The molecule has 0 aliphatic carbocycles. The van der Waals surface area contributed by atoms with Crippen LogP contribution in [0, 0.1) is 5.92 Å². The van der Waals surface area contributed by atoms with E-state index in [4.69, 9.17) is 25.2 Å². The van der Waals surface area contributed by atoms with Gasteiger partial charge in [-0.25, -0.2) is 28.6 Å². The fraction of sp³-hybridized carbons (Fsp3) is 0.545. The van der Waals surface area contributed by atoms with Gasteiger partial charge < -0.3 is 35.2 Å². The lowest BCUT2D eigenvalue weighted by molar-refractivity contribution is -0.0438. The number of nitrogens with two attached hydrogens (primary N) is 1. The van der Waals surface area contributed by atoms with Gasteiger partial charge in [-0.15, -0.1) is 0 Å². The molecule has 1 fully saturated rings. The van der Waals surface area contributed by atoms with Crippen LogP contribution in [-0.2, 0) is 31.6 Å². The molecule has 0 aromatic carbocycles. The number of anilines is 1. The van der Waals surface area contributed by atoms with Crippen molar-refractivity contribution < 1.29 is 56.3 Å². The summed E-state index contributed by atoms with van der Waals surface area (Å²) in [4.78, 5) is 47.7. The summed E-state index contributed by atoms with van der Waals surface area (Å²) < 4.78 is 52.7. The minimum atomic E-state index is -5.65. The van der Waals surface area contributed by atoms with E-state index in [-0.39, 0.29) is 5.82 Å². The number of imidazole rings is 1. The molecule has 3 rings (SSSR count). The molecular formula is C11H18N5O12P3. The van der Waals surface area contributed by atoms with E-state index in [1.165, 1.54) is 17.2 Å². The highest BCUT2D eigenvalue weighted by molar-refractivity contribution is 7.66. The SMILES string of the molecule is CC1C(O)[C@@H](COP(=O)(O)OP(=O)(O)OP(=O)(O)O)OC1n1cnc2c(N)ncnc21. The lowest BCUT2D eigenvalue weighted by Crippen LogP contribution is -2.29. The van der Waals surface area contributed by atoms with Crippen LogP contribution < -0.4 is 5.73 Å². The van der Waals surface area contributed by atoms with Gasteiger partial charge in [0.25, 0.3) is 0 Å². The van der Waals surface area contributed by atoms with Gasteiger partial charge in [-0.05, 0) is 0 Å². The van der Waals surface area contributed by atoms with E-state index >= 15 is 0 Å². The second-order valence-electron chi connectivity index (χ2n) is 6.38. The number of rotatable bonds is 8. The van der Waals surface area contributed by atoms with E-state index in [1.807, 2.05) is 0 Å². The topological polar surface area (TPSA) is 259 Å². The Labute approximate surface area is 173 Å². The molecule has 0 amide bonds. The molecule has 2 aromatic heterocycles. The quantitative estimate of drug-likeness (QED) is 0.250. The Bertz CT molecular complexity index is 1110. The first-order chi connectivity index (χ1) is 14.2. The number of phosphoric ester groups is 1. The highest BCUT2D eigenvalue weighted by Crippen LogP contribution is 2.66. The Kier molecular flexibility index (Phi) is 6.71. The van der Waals surface area contributed by atoms with Gasteiger partial charge in [-0.3, -0.25) is 9.09 Å². The summed E-state index contributed by atoms with van der Waals surface area (Å²) in [5, 5.41) is 10.4. The number of aliphatic hydroxyl groups excluding tert-OH is 1. The number of aliphatic hydroxyl groups is 1. The number of hydrogen-bond acceptors (Lipinski definition) is 12. The molecule has 1 saturated heterocycles. The molecule has 1 aliphatic rings. The zero-order valence-electron chi connectivity index (χ0n) is 15.5. The van der Waals surface area contributed by atoms with Gasteiger partial charge in [-0.1, -0.05) is 6.92 Å². The summed E-state index contributed by atoms with van der Waals surface area (Å²) in [6.45, 7) is 0.812. The van der Waals surface area contributed by atoms with Crippen LogP contribution in [0.2, 0.25) is 0 Å². The number of aromatic nitrogens is 4. The standard InChI is InChI=1S/C11H18N5O12P3/c1-5-8(17)6(2-25-30(21,22)28-31(23,24)27-29(18,19)20)26-11(5)16-4-15-7-9(12)13-3-14-10(7)16/h3-6,8,11,17H,2H2,1H3,(H,21,22)(H,23,24)(H2,12,13,14)(H2,18,19,20)/t5?,6-,8?,11?/m1/s1. The van der Waals surface area contributed by atoms with E-state index < -0.39 is 54.4 Å². The van der Waals surface area contributed by atoms with Crippen LogP contribution in [0.5, 0.6) is 0 Å². The third kappa shape index (κ3) is 5.73. The maximum absolute atomic E-state index is 11.8. The van der Waals surface area contributed by atoms with Crippen molar-refractivity contribution in [2.75, 3.05) is 12.3 Å². The molecule has 6 atom stereocenters. The summed E-state index contributed by atoms with van der Waals surface area (Å²) in [6.07, 6.45) is -0.716. The average Bonchev–Trinajstić information content (AvgIpc) is 3.13. The molecule has 174 valence electrons. The first kappa shape index (κ1) is 24.3. The lowest BCUT2D eigenvalue weighted by atomic mass is 10.0. The molecule has 20 heteroatoms. The first-order valence-corrected chi connectivity index (χ1v) is 12.8. The Morgan fingerprint density at radius 1 is 1.13 bits per heavy atom. The predicted molar refractivity (Wildman–Crippen MR) is 98.6 cm³/mol. The van der Waals surface area contributed by atoms with E-state index in [2.05, 4.69) is 28.1 Å². The van der Waals surface area contributed by atoms with Crippen LogP contribution in [0.3, 0.4) is 0 Å². The van der Waals surface area contributed by atoms with E-state index in [0.29, 0.717) is 11.2 Å². The van der Waals surface area contributed by atoms with Gasteiger partial charge in [0.05, 0.1) is 19.0 Å². The monoisotopic (exact) mass is 505 g/mol. The van der Waals surface area contributed by atoms with Gasteiger partial charge in [0.1, 0.15) is 24.2 Å². The summed E-state index contributed by atoms with van der Waals surface area (Å²) in [5.74, 6) is -0.470. The number of nitrogen functional groups attached to an aromatic ring is 1. The molecule has 1 aliphatic heterocycles. The van der Waals surface area contributed by atoms with Crippen LogP contribution in [0.25, 0.3) is 11.2 Å². The molecule has 0 radical (unpaired) electrons. The van der Waals surface area contributed by atoms with Gasteiger partial charge >= 0.3 is 23.5 Å². The van der Waals surface area contributed by atoms with Crippen molar-refractivity contribution in [2.45, 2.75) is 25.4 Å². The van der Waals surface area contributed by atoms with E-state index in [9.17, 15) is 23.7 Å². The van der Waals surface area contributed by atoms with Crippen molar-refractivity contribution in [3.63, 3.8) is 0 Å². The number of hydrogen-bond donors (Lipinski definition) is 6. The summed E-state index contributed by atoms with van der Waals surface area (Å²) in [6, 6.07) is 0. The normalized spacial score (nSPS) is 28.5. The summed E-state index contributed by atoms with van der Waals surface area (Å²) in [5.41, 5.74) is 6.34. The summed E-state index contributed by atoms with van der Waals surface area (Å²) in [7, 11) is -16.5. The molecule has 0 spiro atoms. The Morgan fingerprint density at radius 3 is 2.45 bits per heavy atom. The van der Waals surface area contributed by atoms with Gasteiger partial charge in [0.2, 0.25) is 0 Å². The minimum absolute atomic E-state index is 0.124. The number of nitrogens with zero attached hydrogens (tertiary/aromatic N) is 4. The minimum Gasteiger partial charge on any atom is -0.390 e. The fourth-order valence-electron chi connectivity index (χ4n) is 2.87. The van der Waals surface area contributed by atoms with Crippen LogP contribution >= 0.6 is 23.5 Å². The van der Waals surface area contributed by atoms with Gasteiger partial charge in [-0.2, -0.15) is 8.62 Å². The maximum Gasteiger partial charge on any atom is 0.490 e. The Morgan fingerprint density at radius 2 is 1.81 bits per heavy atom. The number of ether oxygens (including phenoxy) is 1. The van der Waals surface area contributed by atoms with E-state index in [1.54, 1.807) is 6.92 Å². The second-order valence-corrected chi connectivity index (χ2v) is 10.8. The summed E-state index contributed by atoms with van der Waals surface area (Å²) >= 11 is 0. The van der Waals surface area contributed by atoms with Crippen LogP contribution in [-0.4, -0.2) is 63.0 Å². The first-order valence-electron chi connectivity index (χ1n) is 8.24. The third-order valence-electron chi connectivity index (χ3n) is 4.16. The van der Waals surface area contributed by atoms with Crippen LogP contribution in [0.4, 0.5) is 5.82 Å². The molecule has 31 heavy (non-hydrogen) atoms. The largest absolute Gasteiger partial charge is 0.490 e. The third-order valence-corrected chi connectivity index (χ3v) is 7.97. The zero-order chi connectivity index (χ0) is 23.2.